The van der Waals surface area contributed by atoms with Crippen molar-refractivity contribution >= 4 is 0 Å². The Morgan fingerprint density at radius 2 is 1.16 bits per heavy atom. The minimum atomic E-state index is -1.87. The number of aliphatic hydroxyl groups excluding tert-OH is 15. The van der Waals surface area contributed by atoms with Crippen molar-refractivity contribution in [2.24, 2.45) is 45.3 Å². The van der Waals surface area contributed by atoms with Gasteiger partial charge in [0.15, 0.2) is 25.2 Å². The summed E-state index contributed by atoms with van der Waals surface area (Å²) in [5.41, 5.74) is -2.32. The quantitative estimate of drug-likeness (QED) is 0.0591. The molecule has 4 saturated carbocycles. The van der Waals surface area contributed by atoms with Crippen LogP contribution in [0.25, 0.3) is 0 Å². The molecule has 23 heteroatoms. The summed E-state index contributed by atoms with van der Waals surface area (Å²) in [4.78, 5) is 0. The lowest BCUT2D eigenvalue weighted by Crippen LogP contribution is -2.70. The molecule has 4 aliphatic heterocycles. The third-order valence-electron chi connectivity index (χ3n) is 20.4. The van der Waals surface area contributed by atoms with Crippen molar-refractivity contribution < 1.29 is 114 Å². The van der Waals surface area contributed by atoms with Gasteiger partial charge in [0.25, 0.3) is 0 Å². The Hall–Kier alpha value is -1.18. The summed E-state index contributed by atoms with van der Waals surface area (Å²) in [6.45, 7) is 14.4. The van der Waals surface area contributed by atoms with Crippen molar-refractivity contribution in [1.29, 1.82) is 0 Å². The molecule has 8 aliphatic rings. The molecule has 0 aromatic carbocycles. The van der Waals surface area contributed by atoms with Gasteiger partial charge in [0.05, 0.1) is 50.3 Å². The van der Waals surface area contributed by atoms with Gasteiger partial charge < -0.3 is 114 Å². The van der Waals surface area contributed by atoms with Gasteiger partial charge in [0, 0.05) is 0 Å². The Kier molecular flexibility index (Phi) is 18.3. The fourth-order valence-corrected chi connectivity index (χ4v) is 16.1. The maximum atomic E-state index is 12.8. The van der Waals surface area contributed by atoms with Crippen LogP contribution in [0.1, 0.15) is 107 Å². The highest BCUT2D eigenvalue weighted by Gasteiger charge is 2.73. The molecule has 0 aromatic rings. The lowest BCUT2D eigenvalue weighted by atomic mass is 9.35. The van der Waals surface area contributed by atoms with E-state index >= 15 is 0 Å². The van der Waals surface area contributed by atoms with E-state index in [0.29, 0.717) is 38.5 Å². The number of aliphatic hydroxyl groups is 15. The Morgan fingerprint density at radius 1 is 0.592 bits per heavy atom. The molecule has 8 rings (SSSR count). The summed E-state index contributed by atoms with van der Waals surface area (Å²) in [5, 5.41) is 164. The molecule has 4 aliphatic carbocycles. The standard InChI is InChI=1S/C53H90O23/c1-22(2)10-9-13-53(8,76-47-42(68)38(64)36(62)29(73-47)21-70-45-40(66)33(59)26(58)20-69-45)23-11-14-52(7)32(23)24(56)16-31-50(5)17-25(57)44(49(3,4)30(50)12-15-51(31,52)6)75-48-43(39(65)35(61)28(19-55)72-48)74-46-41(67)37(63)34(60)27(18-54)71-46/h10,23-48,54-68H,9,11-21H2,1-8H3/t23-,24+,25+,26+,27+,28+,29+,30?,31?,32-,33-,34+,35+,36+,37-,38-,39-,40+,41+,42+,43+,44-,45-,46-,47-,48-,50-,51+,52+,53?/m0/s1. The predicted octanol–water partition coefficient (Wildman–Crippen LogP) is -2.59. The molecule has 0 aromatic heterocycles. The Bertz CT molecular complexity index is 1980. The van der Waals surface area contributed by atoms with Crippen LogP contribution in [0, 0.1) is 45.3 Å². The first kappa shape index (κ1) is 60.9. The molecular weight excluding hydrogens is 1000 g/mol. The molecule has 23 nitrogen and oxygen atoms in total. The van der Waals surface area contributed by atoms with Gasteiger partial charge >= 0.3 is 0 Å². The van der Waals surface area contributed by atoms with E-state index in [1.165, 1.54) is 0 Å². The monoisotopic (exact) mass is 1090 g/mol. The van der Waals surface area contributed by atoms with Crippen LogP contribution in [-0.2, 0) is 37.9 Å². The fraction of sp³-hybridized carbons (Fsp3) is 0.962. The van der Waals surface area contributed by atoms with Crippen molar-refractivity contribution in [3.63, 3.8) is 0 Å². The Morgan fingerprint density at radius 3 is 1.79 bits per heavy atom. The van der Waals surface area contributed by atoms with Gasteiger partial charge in [0.2, 0.25) is 0 Å². The van der Waals surface area contributed by atoms with Crippen LogP contribution >= 0.6 is 0 Å². The van der Waals surface area contributed by atoms with Gasteiger partial charge in [-0.2, -0.15) is 0 Å². The maximum Gasteiger partial charge on any atom is 0.187 e. The van der Waals surface area contributed by atoms with Crippen LogP contribution in [0.15, 0.2) is 11.6 Å². The van der Waals surface area contributed by atoms with Crippen LogP contribution < -0.4 is 0 Å². The number of rotatable bonds is 15. The molecule has 76 heavy (non-hydrogen) atoms. The first-order valence-corrected chi connectivity index (χ1v) is 27.4. The van der Waals surface area contributed by atoms with Gasteiger partial charge in [-0.1, -0.05) is 46.3 Å². The summed E-state index contributed by atoms with van der Waals surface area (Å²) in [6, 6.07) is 0. The highest BCUT2D eigenvalue weighted by molar-refractivity contribution is 5.21. The summed E-state index contributed by atoms with van der Waals surface area (Å²) in [7, 11) is 0. The van der Waals surface area contributed by atoms with Gasteiger partial charge in [-0.25, -0.2) is 0 Å². The van der Waals surface area contributed by atoms with Crippen LogP contribution in [0.2, 0.25) is 0 Å². The number of hydrogen-bond donors (Lipinski definition) is 15. The zero-order chi connectivity index (χ0) is 55.9. The molecule has 4 heterocycles. The van der Waals surface area contributed by atoms with Crippen LogP contribution in [0.3, 0.4) is 0 Å². The van der Waals surface area contributed by atoms with E-state index in [1.807, 2.05) is 34.6 Å². The summed E-state index contributed by atoms with van der Waals surface area (Å²) in [5.74, 6) is -0.872. The fourth-order valence-electron chi connectivity index (χ4n) is 16.1. The van der Waals surface area contributed by atoms with E-state index in [9.17, 15) is 76.6 Å². The summed E-state index contributed by atoms with van der Waals surface area (Å²) >= 11 is 0. The van der Waals surface area contributed by atoms with E-state index in [2.05, 4.69) is 26.8 Å². The average Bonchev–Trinajstić information content (AvgIpc) is 3.95. The minimum Gasteiger partial charge on any atom is -0.394 e. The molecule has 0 spiro atoms. The molecule has 4 saturated heterocycles. The highest BCUT2D eigenvalue weighted by Crippen LogP contribution is 2.76. The number of fused-ring (bicyclic) bond motifs is 5. The minimum absolute atomic E-state index is 0.123. The van der Waals surface area contributed by atoms with Crippen molar-refractivity contribution in [2.75, 3.05) is 26.4 Å². The third-order valence-corrected chi connectivity index (χ3v) is 20.4. The molecule has 440 valence electrons. The summed E-state index contributed by atoms with van der Waals surface area (Å²) in [6.07, 6.45) is -26.8. The van der Waals surface area contributed by atoms with E-state index in [0.717, 1.165) is 12.0 Å². The largest absolute Gasteiger partial charge is 0.394 e. The second kappa shape index (κ2) is 22.9. The molecule has 8 fully saturated rings. The zero-order valence-corrected chi connectivity index (χ0v) is 45.0. The molecule has 3 unspecified atom stereocenters. The van der Waals surface area contributed by atoms with Crippen molar-refractivity contribution in [3.8, 4) is 0 Å². The van der Waals surface area contributed by atoms with Crippen molar-refractivity contribution in [1.82, 2.24) is 0 Å². The SMILES string of the molecule is CC(C)=CCCC(C)(O[C@@H]1O[C@H](CO[C@@H]2OC[C@@H](O)[C@H](O)[C@H]2O)[C@@H](O)[C@H](O)[C@H]1O)[C@H]1CC[C@]2(C)[C@@H]1[C@H](O)CC1[C@@]3(C)C[C@@H](O)[C@H](O[C@@H]4O[C@H](CO)[C@@H](O)[C@H](O)[C@H]4O[C@@H]4O[C@H](CO)[C@@H](O)[C@H](O)[C@H]4O)C(C)(C)C3CC[C@]12C. The lowest BCUT2D eigenvalue weighted by Gasteiger charge is -2.71. The third kappa shape index (κ3) is 10.5. The van der Waals surface area contributed by atoms with Gasteiger partial charge in [-0.15, -0.1) is 0 Å². The number of allylic oxidation sites excluding steroid dienone is 2. The van der Waals surface area contributed by atoms with Gasteiger partial charge in [-0.3, -0.25) is 0 Å². The van der Waals surface area contributed by atoms with E-state index in [-0.39, 0.29) is 36.7 Å². The molecular formula is C53H90O23. The van der Waals surface area contributed by atoms with Gasteiger partial charge in [-0.05, 0) is 117 Å². The second-order valence-corrected chi connectivity index (χ2v) is 25.5. The normalized spacial score (nSPS) is 53.2. The smallest absolute Gasteiger partial charge is 0.187 e. The second-order valence-electron chi connectivity index (χ2n) is 25.5. The average molecular weight is 1100 g/mol. The predicted molar refractivity (Wildman–Crippen MR) is 262 cm³/mol. The summed E-state index contributed by atoms with van der Waals surface area (Å²) < 4.78 is 48.5. The van der Waals surface area contributed by atoms with E-state index in [1.54, 1.807) is 0 Å². The maximum absolute atomic E-state index is 12.8. The molecule has 0 amide bonds. The van der Waals surface area contributed by atoms with Crippen LogP contribution in [0.5, 0.6) is 0 Å². The van der Waals surface area contributed by atoms with Crippen LogP contribution in [-0.4, -0.2) is 244 Å². The lowest BCUT2D eigenvalue weighted by molar-refractivity contribution is -0.383. The van der Waals surface area contributed by atoms with Crippen molar-refractivity contribution in [3.05, 3.63) is 11.6 Å². The first-order valence-electron chi connectivity index (χ1n) is 27.4. The van der Waals surface area contributed by atoms with E-state index < -0.39 is 182 Å². The first-order chi connectivity index (χ1) is 35.5. The molecule has 30 atom stereocenters. The Labute approximate surface area is 444 Å². The van der Waals surface area contributed by atoms with Crippen LogP contribution in [0.4, 0.5) is 0 Å². The molecule has 15 N–H and O–H groups in total. The van der Waals surface area contributed by atoms with Gasteiger partial charge in [0.1, 0.15) is 91.6 Å². The topological polar surface area (TPSA) is 377 Å². The zero-order valence-electron chi connectivity index (χ0n) is 45.0. The number of ether oxygens (including phenoxy) is 8. The van der Waals surface area contributed by atoms with Crippen molar-refractivity contribution in [2.45, 2.75) is 247 Å². The molecule has 0 radical (unpaired) electrons. The highest BCUT2D eigenvalue weighted by atomic mass is 16.8. The Balaban J connectivity index is 1.03. The molecule has 0 bridgehead atoms. The van der Waals surface area contributed by atoms with E-state index in [4.69, 9.17) is 37.9 Å². The number of hydrogen-bond acceptors (Lipinski definition) is 23.